The Balaban J connectivity index is 1.54. The van der Waals surface area contributed by atoms with Gasteiger partial charge >= 0.3 is 0 Å². The van der Waals surface area contributed by atoms with Crippen LogP contribution < -0.4 is 11.3 Å². The largest absolute Gasteiger partial charge is 0.338 e. The lowest BCUT2D eigenvalue weighted by atomic mass is 10.0. The number of benzene rings is 2. The van der Waals surface area contributed by atoms with Crippen molar-refractivity contribution in [2.24, 2.45) is 5.73 Å². The predicted molar refractivity (Wildman–Crippen MR) is 118 cm³/mol. The molecule has 8 nitrogen and oxygen atoms in total. The van der Waals surface area contributed by atoms with Gasteiger partial charge in [0.2, 0.25) is 5.91 Å². The van der Waals surface area contributed by atoms with Gasteiger partial charge in [-0.15, -0.1) is 0 Å². The minimum absolute atomic E-state index is 0.0248. The van der Waals surface area contributed by atoms with E-state index in [9.17, 15) is 18.8 Å². The molecule has 1 aromatic heterocycles. The molecule has 0 radical (unpaired) electrons. The maximum absolute atomic E-state index is 14.5. The summed E-state index contributed by atoms with van der Waals surface area (Å²) in [7, 11) is 0. The number of H-pyrrole nitrogens is 1. The van der Waals surface area contributed by atoms with Gasteiger partial charge in [-0.05, 0) is 30.7 Å². The fourth-order valence-corrected chi connectivity index (χ4v) is 3.93. The number of aromatic nitrogens is 2. The highest BCUT2D eigenvalue weighted by atomic mass is 19.1. The molecule has 1 aliphatic rings. The predicted octanol–water partition coefficient (Wildman–Crippen LogP) is 1.28. The van der Waals surface area contributed by atoms with E-state index in [0.717, 1.165) is 0 Å². The Kier molecular flexibility index (Phi) is 6.00. The molecule has 2 heterocycles. The van der Waals surface area contributed by atoms with Gasteiger partial charge in [-0.3, -0.25) is 14.4 Å². The minimum Gasteiger partial charge on any atom is -0.338 e. The van der Waals surface area contributed by atoms with Gasteiger partial charge in [-0.1, -0.05) is 24.3 Å². The van der Waals surface area contributed by atoms with E-state index in [-0.39, 0.29) is 17.0 Å². The highest BCUT2D eigenvalue weighted by molar-refractivity contribution is 5.95. The zero-order chi connectivity index (χ0) is 22.8. The van der Waals surface area contributed by atoms with Crippen LogP contribution in [0.15, 0.2) is 47.3 Å². The molecule has 1 saturated heterocycles. The molecule has 166 valence electrons. The first-order valence-corrected chi connectivity index (χ1v) is 10.4. The molecule has 32 heavy (non-hydrogen) atoms. The van der Waals surface area contributed by atoms with Gasteiger partial charge in [0, 0.05) is 38.0 Å². The average molecular weight is 437 g/mol. The van der Waals surface area contributed by atoms with Gasteiger partial charge < -0.3 is 15.5 Å². The molecule has 3 N–H and O–H groups in total. The molecule has 0 spiro atoms. The molecule has 1 atom stereocenters. The molecule has 1 aliphatic heterocycles. The Hall–Kier alpha value is -3.59. The van der Waals surface area contributed by atoms with E-state index in [2.05, 4.69) is 10.2 Å². The van der Waals surface area contributed by atoms with E-state index in [0.29, 0.717) is 54.6 Å². The monoisotopic (exact) mass is 437 g/mol. The summed E-state index contributed by atoms with van der Waals surface area (Å²) in [5.41, 5.74) is 6.68. The van der Waals surface area contributed by atoms with E-state index in [1.807, 2.05) is 12.1 Å². The summed E-state index contributed by atoms with van der Waals surface area (Å²) < 4.78 is 14.5. The number of nitrogens with zero attached hydrogens (tertiary/aromatic N) is 3. The molecule has 1 unspecified atom stereocenters. The quantitative estimate of drug-likeness (QED) is 0.639. The highest BCUT2D eigenvalue weighted by Gasteiger charge is 2.27. The van der Waals surface area contributed by atoms with E-state index in [1.165, 1.54) is 12.1 Å². The number of hydrogen-bond acceptors (Lipinski definition) is 5. The second-order valence-electron chi connectivity index (χ2n) is 7.94. The Morgan fingerprint density at radius 3 is 2.44 bits per heavy atom. The first-order valence-electron chi connectivity index (χ1n) is 10.4. The molecule has 2 aromatic carbocycles. The number of nitrogens with two attached hydrogens (primary N) is 1. The molecule has 3 aromatic rings. The van der Waals surface area contributed by atoms with E-state index in [4.69, 9.17) is 5.73 Å². The number of fused-ring (bicyclic) bond motifs is 1. The van der Waals surface area contributed by atoms with Crippen LogP contribution in [0.4, 0.5) is 4.39 Å². The fourth-order valence-electron chi connectivity index (χ4n) is 3.93. The Labute approximate surface area is 183 Å². The summed E-state index contributed by atoms with van der Waals surface area (Å²) in [5, 5.41) is 7.88. The van der Waals surface area contributed by atoms with Crippen LogP contribution in [0.25, 0.3) is 10.8 Å². The zero-order valence-electron chi connectivity index (χ0n) is 17.7. The van der Waals surface area contributed by atoms with Crippen molar-refractivity contribution in [3.63, 3.8) is 0 Å². The van der Waals surface area contributed by atoms with Crippen LogP contribution in [0, 0.1) is 5.82 Å². The van der Waals surface area contributed by atoms with Crippen molar-refractivity contribution < 1.29 is 14.0 Å². The lowest BCUT2D eigenvalue weighted by Crippen LogP contribution is -2.53. The van der Waals surface area contributed by atoms with Crippen LogP contribution >= 0.6 is 0 Å². The number of aromatic amines is 1. The lowest BCUT2D eigenvalue weighted by Gasteiger charge is -2.35. The minimum atomic E-state index is -0.605. The molecular weight excluding hydrogens is 413 g/mol. The molecule has 0 saturated carbocycles. The van der Waals surface area contributed by atoms with E-state index in [1.54, 1.807) is 34.9 Å². The van der Waals surface area contributed by atoms with Gasteiger partial charge in [0.1, 0.15) is 5.82 Å². The van der Waals surface area contributed by atoms with E-state index >= 15 is 0 Å². The molecule has 0 aliphatic carbocycles. The first kappa shape index (κ1) is 21.6. The smallest absolute Gasteiger partial charge is 0.272 e. The van der Waals surface area contributed by atoms with Crippen LogP contribution in [-0.2, 0) is 11.2 Å². The molecule has 2 amide bonds. The van der Waals surface area contributed by atoms with Gasteiger partial charge in [0.05, 0.1) is 22.7 Å². The van der Waals surface area contributed by atoms with Crippen LogP contribution in [0.3, 0.4) is 0 Å². The average Bonchev–Trinajstić information content (AvgIpc) is 2.81. The first-order chi connectivity index (χ1) is 15.3. The van der Waals surface area contributed by atoms with Crippen molar-refractivity contribution in [1.29, 1.82) is 0 Å². The summed E-state index contributed by atoms with van der Waals surface area (Å²) in [5.74, 6) is -1.19. The normalized spacial score (nSPS) is 15.1. The molecular formula is C23H24FN5O3. The zero-order valence-corrected chi connectivity index (χ0v) is 17.7. The summed E-state index contributed by atoms with van der Waals surface area (Å²) in [6, 6.07) is 10.9. The molecule has 1 fully saturated rings. The number of carbonyl (C=O) groups is 2. The third kappa shape index (κ3) is 4.24. The Morgan fingerprint density at radius 1 is 1.09 bits per heavy atom. The van der Waals surface area contributed by atoms with Crippen molar-refractivity contribution in [1.82, 2.24) is 20.0 Å². The third-order valence-corrected chi connectivity index (χ3v) is 5.68. The van der Waals surface area contributed by atoms with Crippen LogP contribution in [0.1, 0.15) is 28.5 Å². The summed E-state index contributed by atoms with van der Waals surface area (Å²) in [6.45, 7) is 2.97. The summed E-state index contributed by atoms with van der Waals surface area (Å²) >= 11 is 0. The lowest BCUT2D eigenvalue weighted by molar-refractivity contribution is -0.133. The van der Waals surface area contributed by atoms with Gasteiger partial charge in [0.15, 0.2) is 0 Å². The second-order valence-corrected chi connectivity index (χ2v) is 7.94. The van der Waals surface area contributed by atoms with Crippen LogP contribution in [0.2, 0.25) is 0 Å². The van der Waals surface area contributed by atoms with Crippen molar-refractivity contribution in [2.45, 2.75) is 19.4 Å². The van der Waals surface area contributed by atoms with Gasteiger partial charge in [0.25, 0.3) is 11.5 Å². The summed E-state index contributed by atoms with van der Waals surface area (Å²) in [6.07, 6.45) is 0.328. The van der Waals surface area contributed by atoms with E-state index < -0.39 is 17.8 Å². The number of amides is 2. The maximum atomic E-state index is 14.5. The topological polar surface area (TPSA) is 112 Å². The van der Waals surface area contributed by atoms with Gasteiger partial charge in [-0.2, -0.15) is 5.10 Å². The van der Waals surface area contributed by atoms with Gasteiger partial charge in [-0.25, -0.2) is 9.49 Å². The Morgan fingerprint density at radius 2 is 1.75 bits per heavy atom. The molecule has 0 bridgehead atoms. The summed E-state index contributed by atoms with van der Waals surface area (Å²) in [4.78, 5) is 40.2. The van der Waals surface area contributed by atoms with Crippen LogP contribution in [-0.4, -0.2) is 64.0 Å². The fraction of sp³-hybridized carbons (Fsp3) is 0.304. The molecule has 4 rings (SSSR count). The number of hydrogen-bond donors (Lipinski definition) is 2. The van der Waals surface area contributed by atoms with Crippen molar-refractivity contribution in [2.75, 3.05) is 26.2 Å². The Bertz CT molecular complexity index is 1230. The SMILES string of the molecule is CC(N)C(=O)N1CCN(C(=O)c2cc(Cc3n[nH]c(=O)c4ccccc34)ccc2F)CC1. The van der Waals surface area contributed by atoms with Crippen LogP contribution in [0.5, 0.6) is 0 Å². The van der Waals surface area contributed by atoms with Crippen molar-refractivity contribution in [3.05, 3.63) is 75.5 Å². The number of rotatable bonds is 4. The second kappa shape index (κ2) is 8.88. The number of halogens is 1. The maximum Gasteiger partial charge on any atom is 0.272 e. The van der Waals surface area contributed by atoms with Crippen molar-refractivity contribution in [3.8, 4) is 0 Å². The molecule has 9 heteroatoms. The highest BCUT2D eigenvalue weighted by Crippen LogP contribution is 2.20. The standard InChI is InChI=1S/C23H24FN5O3/c1-14(25)22(31)28-8-10-29(11-9-28)23(32)18-12-15(6-7-19(18)24)13-20-16-4-2-3-5-17(16)21(30)27-26-20/h2-7,12,14H,8-11,13,25H2,1H3,(H,27,30). The third-order valence-electron chi connectivity index (χ3n) is 5.68. The number of piperazine rings is 1. The number of nitrogens with one attached hydrogen (secondary N) is 1. The van der Waals surface area contributed by atoms with Crippen molar-refractivity contribution >= 4 is 22.6 Å². The number of carbonyl (C=O) groups excluding carboxylic acids is 2.